The van der Waals surface area contributed by atoms with Gasteiger partial charge in [0.2, 0.25) is 0 Å². The zero-order chi connectivity index (χ0) is 26.9. The summed E-state index contributed by atoms with van der Waals surface area (Å²) in [5.41, 5.74) is 1.55. The molecule has 196 valence electrons. The fourth-order valence-corrected chi connectivity index (χ4v) is 4.66. The molecule has 0 amide bonds. The summed E-state index contributed by atoms with van der Waals surface area (Å²) in [6.07, 6.45) is 1.64. The number of halogens is 1. The quantitative estimate of drug-likeness (QED) is 0.288. The Morgan fingerprint density at radius 1 is 1.11 bits per heavy atom. The van der Waals surface area contributed by atoms with Gasteiger partial charge in [-0.2, -0.15) is 0 Å². The van der Waals surface area contributed by atoms with Crippen LogP contribution in [0.4, 0.5) is 0 Å². The molecule has 5 aromatic rings. The molecule has 10 heteroatoms. The van der Waals surface area contributed by atoms with Crippen molar-refractivity contribution in [1.29, 1.82) is 0 Å². The normalized spacial score (nSPS) is 12.8. The van der Waals surface area contributed by atoms with Gasteiger partial charge in [-0.05, 0) is 84.6 Å². The highest BCUT2D eigenvalue weighted by Gasteiger charge is 2.34. The van der Waals surface area contributed by atoms with Gasteiger partial charge in [-0.15, -0.1) is 5.10 Å². The highest BCUT2D eigenvalue weighted by molar-refractivity contribution is 6.30. The maximum Gasteiger partial charge on any atom is 0.253 e. The maximum atomic E-state index is 13.7. The number of pyridine rings is 1. The van der Waals surface area contributed by atoms with Gasteiger partial charge in [0.1, 0.15) is 17.6 Å². The van der Waals surface area contributed by atoms with Crippen molar-refractivity contribution < 1.29 is 9.15 Å². The molecule has 0 aliphatic carbocycles. The summed E-state index contributed by atoms with van der Waals surface area (Å²) in [5, 5.41) is 14.3. The summed E-state index contributed by atoms with van der Waals surface area (Å²) in [4.78, 5) is 18.9. The Labute approximate surface area is 225 Å². The third-order valence-corrected chi connectivity index (χ3v) is 6.61. The second kappa shape index (κ2) is 10.4. The van der Waals surface area contributed by atoms with Crippen molar-refractivity contribution in [3.05, 3.63) is 105 Å². The number of tetrazole rings is 1. The Morgan fingerprint density at radius 2 is 1.89 bits per heavy atom. The molecule has 2 aromatic carbocycles. The number of H-pyrrole nitrogens is 1. The minimum Gasteiger partial charge on any atom is -0.497 e. The number of fused-ring (bicyclic) bond motifs is 1. The van der Waals surface area contributed by atoms with E-state index >= 15 is 0 Å². The number of nitrogens with one attached hydrogen (secondary N) is 1. The largest absolute Gasteiger partial charge is 0.497 e. The SMILES string of the molecule is COc1ccc2cc([C@@H](c3nnnn3C(C)(C)C)N(Cc3ccc(Cl)cc3)Cc3ccco3)c(=O)[nH]c2c1. The fourth-order valence-electron chi connectivity index (χ4n) is 4.53. The third kappa shape index (κ3) is 5.34. The molecule has 9 nitrogen and oxygen atoms in total. The molecule has 0 aliphatic rings. The van der Waals surface area contributed by atoms with Crippen LogP contribution < -0.4 is 10.3 Å². The van der Waals surface area contributed by atoms with Gasteiger partial charge in [-0.1, -0.05) is 23.7 Å². The highest BCUT2D eigenvalue weighted by atomic mass is 35.5. The van der Waals surface area contributed by atoms with Crippen LogP contribution >= 0.6 is 11.6 Å². The predicted octanol–water partition coefficient (Wildman–Crippen LogP) is 5.32. The Bertz CT molecular complexity index is 1590. The number of nitrogens with zero attached hydrogens (tertiary/aromatic N) is 5. The van der Waals surface area contributed by atoms with Gasteiger partial charge in [0, 0.05) is 23.2 Å². The van der Waals surface area contributed by atoms with Crippen LogP contribution in [0.15, 0.2) is 76.1 Å². The monoisotopic (exact) mass is 532 g/mol. The summed E-state index contributed by atoms with van der Waals surface area (Å²) in [6, 6.07) is 18.3. The van der Waals surface area contributed by atoms with Crippen LogP contribution in [0.5, 0.6) is 5.75 Å². The van der Waals surface area contributed by atoms with Crippen molar-refractivity contribution >= 4 is 22.5 Å². The minimum absolute atomic E-state index is 0.236. The summed E-state index contributed by atoms with van der Waals surface area (Å²) in [6.45, 7) is 6.97. The predicted molar refractivity (Wildman–Crippen MR) is 145 cm³/mol. The fraction of sp³-hybridized carbons (Fsp3) is 0.286. The number of hydrogen-bond acceptors (Lipinski definition) is 7. The van der Waals surface area contributed by atoms with Crippen LogP contribution in [0.25, 0.3) is 10.9 Å². The third-order valence-electron chi connectivity index (χ3n) is 6.35. The van der Waals surface area contributed by atoms with Crippen molar-refractivity contribution in [1.82, 2.24) is 30.1 Å². The average molecular weight is 533 g/mol. The van der Waals surface area contributed by atoms with E-state index in [0.29, 0.717) is 40.8 Å². The summed E-state index contributed by atoms with van der Waals surface area (Å²) >= 11 is 6.16. The van der Waals surface area contributed by atoms with Crippen LogP contribution in [0.3, 0.4) is 0 Å². The lowest BCUT2D eigenvalue weighted by Gasteiger charge is -2.32. The number of benzene rings is 2. The molecule has 0 radical (unpaired) electrons. The molecule has 3 heterocycles. The molecule has 38 heavy (non-hydrogen) atoms. The van der Waals surface area contributed by atoms with Crippen LogP contribution in [-0.2, 0) is 18.6 Å². The van der Waals surface area contributed by atoms with Gasteiger partial charge in [0.05, 0.1) is 31.0 Å². The van der Waals surface area contributed by atoms with Gasteiger partial charge in [0.25, 0.3) is 5.56 Å². The molecule has 0 unspecified atom stereocenters. The van der Waals surface area contributed by atoms with Crippen molar-refractivity contribution in [3.8, 4) is 5.75 Å². The molecule has 0 saturated carbocycles. The lowest BCUT2D eigenvalue weighted by molar-refractivity contribution is 0.171. The van der Waals surface area contributed by atoms with Gasteiger partial charge >= 0.3 is 0 Å². The van der Waals surface area contributed by atoms with E-state index in [9.17, 15) is 4.79 Å². The number of ether oxygens (including phenoxy) is 1. The molecular weight excluding hydrogens is 504 g/mol. The van der Waals surface area contributed by atoms with E-state index in [4.69, 9.17) is 20.8 Å². The molecule has 0 spiro atoms. The van der Waals surface area contributed by atoms with Crippen LogP contribution in [0, 0.1) is 0 Å². The van der Waals surface area contributed by atoms with Crippen LogP contribution in [0.1, 0.15) is 49.5 Å². The van der Waals surface area contributed by atoms with E-state index in [1.54, 1.807) is 18.1 Å². The van der Waals surface area contributed by atoms with Crippen molar-refractivity contribution in [2.75, 3.05) is 7.11 Å². The second-order valence-electron chi connectivity index (χ2n) is 10.1. The number of methoxy groups -OCH3 is 1. The number of aromatic amines is 1. The lowest BCUT2D eigenvalue weighted by Crippen LogP contribution is -2.37. The summed E-state index contributed by atoms with van der Waals surface area (Å²) < 4.78 is 12.8. The van der Waals surface area contributed by atoms with Gasteiger partial charge < -0.3 is 14.1 Å². The average Bonchev–Trinajstić information content (AvgIpc) is 3.58. The Kier molecular flexibility index (Phi) is 7.05. The van der Waals surface area contributed by atoms with E-state index in [1.165, 1.54) is 0 Å². The summed E-state index contributed by atoms with van der Waals surface area (Å²) in [7, 11) is 1.60. The smallest absolute Gasteiger partial charge is 0.253 e. The highest BCUT2D eigenvalue weighted by Crippen LogP contribution is 2.32. The first-order valence-electron chi connectivity index (χ1n) is 12.2. The number of hydrogen-bond donors (Lipinski definition) is 1. The zero-order valence-electron chi connectivity index (χ0n) is 21.7. The minimum atomic E-state index is -0.597. The van der Waals surface area contributed by atoms with Gasteiger partial charge in [-0.3, -0.25) is 9.69 Å². The lowest BCUT2D eigenvalue weighted by atomic mass is 10.0. The van der Waals surface area contributed by atoms with E-state index in [-0.39, 0.29) is 5.56 Å². The first-order valence-corrected chi connectivity index (χ1v) is 12.6. The van der Waals surface area contributed by atoms with Crippen molar-refractivity contribution in [3.63, 3.8) is 0 Å². The van der Waals surface area contributed by atoms with Crippen molar-refractivity contribution in [2.24, 2.45) is 0 Å². The van der Waals surface area contributed by atoms with Gasteiger partial charge in [-0.25, -0.2) is 4.68 Å². The Morgan fingerprint density at radius 3 is 2.58 bits per heavy atom. The molecule has 1 N–H and O–H groups in total. The first-order chi connectivity index (χ1) is 18.2. The zero-order valence-corrected chi connectivity index (χ0v) is 22.4. The first kappa shape index (κ1) is 25.7. The molecule has 0 aliphatic heterocycles. The van der Waals surface area contributed by atoms with Crippen LogP contribution in [0.2, 0.25) is 5.02 Å². The molecule has 3 aromatic heterocycles. The molecule has 5 rings (SSSR count). The second-order valence-corrected chi connectivity index (χ2v) is 10.6. The van der Waals surface area contributed by atoms with Crippen molar-refractivity contribution in [2.45, 2.75) is 45.4 Å². The Hall–Kier alpha value is -3.95. The summed E-state index contributed by atoms with van der Waals surface area (Å²) in [5.74, 6) is 1.97. The van der Waals surface area contributed by atoms with E-state index in [2.05, 4.69) is 25.4 Å². The molecule has 0 saturated heterocycles. The molecule has 0 fully saturated rings. The van der Waals surface area contributed by atoms with E-state index < -0.39 is 11.6 Å². The molecule has 1 atom stereocenters. The van der Waals surface area contributed by atoms with Crippen LogP contribution in [-0.4, -0.2) is 37.2 Å². The Balaban J connectivity index is 1.71. The molecular formula is C28H29ClN6O3. The topological polar surface area (TPSA) is 102 Å². The molecule has 0 bridgehead atoms. The van der Waals surface area contributed by atoms with E-state index in [0.717, 1.165) is 16.7 Å². The maximum absolute atomic E-state index is 13.7. The standard InChI is InChI=1S/C28H29ClN6O3/c1-28(2,3)35-26(31-32-33-35)25(23-14-19-9-12-21(37-4)15-24(19)30-27(23)36)34(17-22-6-5-13-38-22)16-18-7-10-20(29)11-8-18/h5-15,25H,16-17H2,1-4H3,(H,30,36)/t25-/m0/s1. The number of furan rings is 1. The number of rotatable bonds is 8. The van der Waals surface area contributed by atoms with E-state index in [1.807, 2.05) is 81.4 Å². The number of aromatic nitrogens is 5. The van der Waals surface area contributed by atoms with Gasteiger partial charge in [0.15, 0.2) is 5.82 Å².